The molecule has 2 aromatic carbocycles. The molecule has 160 valence electrons. The van der Waals surface area contributed by atoms with E-state index in [4.69, 9.17) is 9.47 Å². The fourth-order valence-electron chi connectivity index (χ4n) is 4.53. The van der Waals surface area contributed by atoms with Crippen molar-refractivity contribution in [2.45, 2.75) is 52.1 Å². The van der Waals surface area contributed by atoms with Gasteiger partial charge >= 0.3 is 0 Å². The van der Waals surface area contributed by atoms with Crippen LogP contribution < -0.4 is 9.47 Å². The van der Waals surface area contributed by atoms with Crippen molar-refractivity contribution < 1.29 is 23.6 Å². The highest BCUT2D eigenvalue weighted by molar-refractivity contribution is 7.96. The standard InChI is InChI=1S/C24H29O5P/c1-15-12-16(2)22(17(3)13-15)24(26)30(27,19-8-6-7-9-19)23(25)20-11-10-18(28-4)14-21(20)29-5/h10-14,19H,6-9H2,1-5H3. The molecule has 0 saturated heterocycles. The van der Waals surface area contributed by atoms with Crippen LogP contribution in [0, 0.1) is 20.8 Å². The van der Waals surface area contributed by atoms with E-state index < -0.39 is 23.8 Å². The molecule has 30 heavy (non-hydrogen) atoms. The largest absolute Gasteiger partial charge is 0.497 e. The van der Waals surface area contributed by atoms with E-state index >= 15 is 0 Å². The van der Waals surface area contributed by atoms with Gasteiger partial charge in [-0.1, -0.05) is 30.5 Å². The Morgan fingerprint density at radius 3 is 2.03 bits per heavy atom. The maximum atomic E-state index is 14.4. The number of hydrogen-bond acceptors (Lipinski definition) is 5. The van der Waals surface area contributed by atoms with Gasteiger partial charge in [0.25, 0.3) is 0 Å². The Labute approximate surface area is 178 Å². The van der Waals surface area contributed by atoms with Crippen molar-refractivity contribution in [3.8, 4) is 11.5 Å². The summed E-state index contributed by atoms with van der Waals surface area (Å²) in [4.78, 5) is 27.5. The lowest BCUT2D eigenvalue weighted by Gasteiger charge is -2.24. The molecule has 0 amide bonds. The SMILES string of the molecule is COc1ccc(C(=O)P(=O)(C(=O)c2c(C)cc(C)cc2C)C2CCCC2)c(OC)c1. The van der Waals surface area contributed by atoms with Gasteiger partial charge in [-0.2, -0.15) is 0 Å². The first-order valence-corrected chi connectivity index (χ1v) is 12.0. The summed E-state index contributed by atoms with van der Waals surface area (Å²) in [5, 5.41) is 0. The number of methoxy groups -OCH3 is 2. The van der Waals surface area contributed by atoms with Gasteiger partial charge in [0.05, 0.1) is 19.8 Å². The van der Waals surface area contributed by atoms with Crippen LogP contribution in [0.4, 0.5) is 0 Å². The van der Waals surface area contributed by atoms with Crippen molar-refractivity contribution in [1.82, 2.24) is 0 Å². The van der Waals surface area contributed by atoms with Crippen LogP contribution in [-0.2, 0) is 4.57 Å². The minimum Gasteiger partial charge on any atom is -0.497 e. The van der Waals surface area contributed by atoms with Gasteiger partial charge in [0, 0.05) is 17.3 Å². The molecule has 1 atom stereocenters. The zero-order chi connectivity index (χ0) is 22.1. The lowest BCUT2D eigenvalue weighted by molar-refractivity contribution is 0.103. The minimum atomic E-state index is -3.92. The van der Waals surface area contributed by atoms with E-state index in [0.29, 0.717) is 24.2 Å². The van der Waals surface area contributed by atoms with Crippen LogP contribution in [-0.4, -0.2) is 30.9 Å². The van der Waals surface area contributed by atoms with E-state index in [1.54, 1.807) is 18.2 Å². The van der Waals surface area contributed by atoms with Crippen molar-refractivity contribution in [3.63, 3.8) is 0 Å². The number of aryl methyl sites for hydroxylation is 3. The molecular formula is C24H29O5P. The van der Waals surface area contributed by atoms with E-state index in [0.717, 1.165) is 29.5 Å². The minimum absolute atomic E-state index is 0.171. The Kier molecular flexibility index (Phi) is 6.52. The predicted octanol–water partition coefficient (Wildman–Crippen LogP) is 5.92. The molecule has 0 spiro atoms. The van der Waals surface area contributed by atoms with Gasteiger partial charge in [0.1, 0.15) is 11.5 Å². The first kappa shape index (κ1) is 22.3. The monoisotopic (exact) mass is 428 g/mol. The summed E-state index contributed by atoms with van der Waals surface area (Å²) in [6.07, 6.45) is 3.00. The van der Waals surface area contributed by atoms with Gasteiger partial charge in [0.15, 0.2) is 0 Å². The van der Waals surface area contributed by atoms with Gasteiger partial charge in [-0.3, -0.25) is 9.59 Å². The molecule has 0 radical (unpaired) electrons. The number of carbonyl (C=O) groups is 2. The molecule has 1 unspecified atom stereocenters. The molecule has 5 nitrogen and oxygen atoms in total. The van der Waals surface area contributed by atoms with Gasteiger partial charge < -0.3 is 14.0 Å². The van der Waals surface area contributed by atoms with Gasteiger partial charge in [0.2, 0.25) is 18.2 Å². The van der Waals surface area contributed by atoms with Crippen molar-refractivity contribution in [1.29, 1.82) is 0 Å². The third kappa shape index (κ3) is 3.83. The average Bonchev–Trinajstić information content (AvgIpc) is 3.26. The van der Waals surface area contributed by atoms with E-state index in [-0.39, 0.29) is 11.3 Å². The number of rotatable bonds is 7. The van der Waals surface area contributed by atoms with Crippen LogP contribution in [0.25, 0.3) is 0 Å². The summed E-state index contributed by atoms with van der Waals surface area (Å²) in [5.74, 6) is 0.790. The topological polar surface area (TPSA) is 69.7 Å². The molecule has 0 bridgehead atoms. The van der Waals surface area contributed by atoms with E-state index in [9.17, 15) is 14.2 Å². The van der Waals surface area contributed by atoms with E-state index in [1.165, 1.54) is 14.2 Å². The molecule has 6 heteroatoms. The van der Waals surface area contributed by atoms with Crippen LogP contribution in [0.15, 0.2) is 30.3 Å². The molecule has 0 N–H and O–H groups in total. The number of ether oxygens (including phenoxy) is 2. The summed E-state index contributed by atoms with van der Waals surface area (Å²) in [6, 6.07) is 8.56. The quantitative estimate of drug-likeness (QED) is 0.512. The van der Waals surface area contributed by atoms with Crippen LogP contribution in [0.1, 0.15) is 63.1 Å². The Morgan fingerprint density at radius 2 is 1.50 bits per heavy atom. The smallest absolute Gasteiger partial charge is 0.232 e. The predicted molar refractivity (Wildman–Crippen MR) is 119 cm³/mol. The average molecular weight is 428 g/mol. The second-order valence-electron chi connectivity index (χ2n) is 8.05. The summed E-state index contributed by atoms with van der Waals surface area (Å²) < 4.78 is 25.0. The summed E-state index contributed by atoms with van der Waals surface area (Å²) in [7, 11) is -0.958. The van der Waals surface area contributed by atoms with Gasteiger partial charge in [-0.15, -0.1) is 0 Å². The second-order valence-corrected chi connectivity index (χ2v) is 10.9. The van der Waals surface area contributed by atoms with Crippen LogP contribution >= 0.6 is 7.14 Å². The molecule has 1 fully saturated rings. The zero-order valence-electron chi connectivity index (χ0n) is 18.3. The third-order valence-electron chi connectivity index (χ3n) is 5.97. The molecule has 1 aliphatic carbocycles. The molecule has 3 rings (SSSR count). The van der Waals surface area contributed by atoms with Crippen LogP contribution in [0.5, 0.6) is 11.5 Å². The number of hydrogen-bond donors (Lipinski definition) is 0. The van der Waals surface area contributed by atoms with Crippen LogP contribution in [0.2, 0.25) is 0 Å². The fraction of sp³-hybridized carbons (Fsp3) is 0.417. The molecule has 0 aromatic heterocycles. The molecular weight excluding hydrogens is 399 g/mol. The van der Waals surface area contributed by atoms with E-state index in [2.05, 4.69) is 0 Å². The zero-order valence-corrected chi connectivity index (χ0v) is 19.2. The Morgan fingerprint density at radius 1 is 0.900 bits per heavy atom. The van der Waals surface area contributed by atoms with Crippen LogP contribution in [0.3, 0.4) is 0 Å². The molecule has 1 saturated carbocycles. The maximum absolute atomic E-state index is 14.4. The Balaban J connectivity index is 2.17. The fourth-order valence-corrected chi connectivity index (χ4v) is 7.70. The summed E-state index contributed by atoms with van der Waals surface area (Å²) in [6.45, 7) is 5.63. The Bertz CT molecular complexity index is 1010. The number of carbonyl (C=O) groups excluding carboxylic acids is 2. The molecule has 0 aliphatic heterocycles. The second kappa shape index (κ2) is 8.77. The van der Waals surface area contributed by atoms with E-state index in [1.807, 2.05) is 32.9 Å². The molecule has 0 heterocycles. The van der Waals surface area contributed by atoms with Crippen molar-refractivity contribution in [3.05, 3.63) is 58.1 Å². The highest BCUT2D eigenvalue weighted by atomic mass is 31.2. The highest BCUT2D eigenvalue weighted by Crippen LogP contribution is 2.61. The lowest BCUT2D eigenvalue weighted by Crippen LogP contribution is -2.21. The first-order chi connectivity index (χ1) is 14.2. The molecule has 2 aromatic rings. The third-order valence-corrected chi connectivity index (χ3v) is 9.19. The lowest BCUT2D eigenvalue weighted by atomic mass is 10.0. The first-order valence-electron chi connectivity index (χ1n) is 10.2. The van der Waals surface area contributed by atoms with Crippen molar-refractivity contribution in [2.75, 3.05) is 14.2 Å². The molecule has 1 aliphatic rings. The van der Waals surface area contributed by atoms with Gasteiger partial charge in [-0.05, 0) is 56.9 Å². The van der Waals surface area contributed by atoms with Crippen molar-refractivity contribution in [2.24, 2.45) is 0 Å². The van der Waals surface area contributed by atoms with Gasteiger partial charge in [-0.25, -0.2) is 0 Å². The summed E-state index contributed by atoms with van der Waals surface area (Å²) in [5.41, 5.74) is 1.56. The Hall–Kier alpha value is -2.39. The summed E-state index contributed by atoms with van der Waals surface area (Å²) >= 11 is 0. The number of benzene rings is 2. The van der Waals surface area contributed by atoms with Crippen molar-refractivity contribution >= 4 is 18.2 Å². The maximum Gasteiger partial charge on any atom is 0.232 e. The highest BCUT2D eigenvalue weighted by Gasteiger charge is 2.49. The normalized spacial score (nSPS) is 16.2.